The Labute approximate surface area is 162 Å². The summed E-state index contributed by atoms with van der Waals surface area (Å²) in [5.41, 5.74) is 5.45. The third-order valence-electron chi connectivity index (χ3n) is 4.23. The molecule has 0 aliphatic heterocycles. The van der Waals surface area contributed by atoms with Crippen molar-refractivity contribution in [1.82, 2.24) is 14.8 Å². The zero-order valence-electron chi connectivity index (χ0n) is 17.6. The number of allylic oxidation sites excluding steroid dienone is 3. The Hall–Kier alpha value is -2.67. The molecule has 1 aromatic rings. The summed E-state index contributed by atoms with van der Waals surface area (Å²) in [4.78, 5) is 0. The lowest BCUT2D eigenvalue weighted by molar-refractivity contribution is 0.319. The molecule has 0 amide bonds. The first-order valence-electron chi connectivity index (χ1n) is 8.97. The van der Waals surface area contributed by atoms with Crippen LogP contribution in [-0.2, 0) is 11.8 Å². The number of aryl methyl sites for hydroxylation is 2. The van der Waals surface area contributed by atoms with E-state index in [4.69, 9.17) is 10.6 Å². The maximum atomic E-state index is 5.94. The van der Waals surface area contributed by atoms with Crippen molar-refractivity contribution >= 4 is 11.6 Å². The Morgan fingerprint density at radius 2 is 2.07 bits per heavy atom. The van der Waals surface area contributed by atoms with Gasteiger partial charge < -0.3 is 9.75 Å². The maximum absolute atomic E-state index is 5.94. The molecule has 0 unspecified atom stereocenters. The summed E-state index contributed by atoms with van der Waals surface area (Å²) in [6, 6.07) is 1.98. The van der Waals surface area contributed by atoms with Crippen LogP contribution in [0.1, 0.15) is 45.5 Å². The van der Waals surface area contributed by atoms with Crippen molar-refractivity contribution in [3.05, 3.63) is 53.0 Å². The lowest BCUT2D eigenvalue weighted by atomic mass is 10.1. The van der Waals surface area contributed by atoms with Crippen molar-refractivity contribution < 1.29 is 4.74 Å². The van der Waals surface area contributed by atoms with Gasteiger partial charge in [0.05, 0.1) is 11.4 Å². The first-order chi connectivity index (χ1) is 12.7. The molecule has 0 aliphatic rings. The number of ether oxygens (including phenoxy) is 1. The molecule has 2 N–H and O–H groups in total. The predicted octanol–water partition coefficient (Wildman–Crippen LogP) is 3.49. The molecule has 0 atom stereocenters. The summed E-state index contributed by atoms with van der Waals surface area (Å²) < 4.78 is 7.73. The van der Waals surface area contributed by atoms with Gasteiger partial charge in [-0.1, -0.05) is 25.7 Å². The van der Waals surface area contributed by atoms with Crippen LogP contribution in [0.3, 0.4) is 0 Å². The number of nitrogens with zero attached hydrogens (tertiary/aromatic N) is 5. The lowest BCUT2D eigenvalue weighted by Crippen LogP contribution is -2.28. The van der Waals surface area contributed by atoms with Crippen molar-refractivity contribution in [1.29, 1.82) is 0 Å². The number of likely N-dealkylation sites (N-methyl/N-ethyl adjacent to an activating group) is 1. The second kappa shape index (κ2) is 10.5. The lowest BCUT2D eigenvalue weighted by Gasteiger charge is -2.21. The highest BCUT2D eigenvalue weighted by Crippen LogP contribution is 2.18. The fraction of sp³-hybridized carbons (Fsp3) is 0.450. The van der Waals surface area contributed by atoms with Gasteiger partial charge in [0.25, 0.3) is 0 Å². The molecule has 0 saturated carbocycles. The van der Waals surface area contributed by atoms with Crippen LogP contribution < -0.4 is 5.84 Å². The molecule has 0 bridgehead atoms. The smallest absolute Gasteiger partial charge is 0.208 e. The van der Waals surface area contributed by atoms with Crippen LogP contribution in [0.5, 0.6) is 0 Å². The van der Waals surface area contributed by atoms with Gasteiger partial charge in [-0.05, 0) is 39.3 Å². The van der Waals surface area contributed by atoms with E-state index in [-0.39, 0.29) is 0 Å². The van der Waals surface area contributed by atoms with Gasteiger partial charge in [-0.3, -0.25) is 4.68 Å². The van der Waals surface area contributed by atoms with E-state index in [1.807, 2.05) is 58.5 Å². The summed E-state index contributed by atoms with van der Waals surface area (Å²) in [7, 11) is 3.70. The molecule has 0 aliphatic carbocycles. The third-order valence-corrected chi connectivity index (χ3v) is 4.23. The topological polar surface area (TPSA) is 81.0 Å². The van der Waals surface area contributed by atoms with Crippen LogP contribution in [0, 0.1) is 6.92 Å². The van der Waals surface area contributed by atoms with Crippen LogP contribution in [0.25, 0.3) is 0 Å². The van der Waals surface area contributed by atoms with Crippen LogP contribution in [-0.4, -0.2) is 40.1 Å². The van der Waals surface area contributed by atoms with Gasteiger partial charge in [0.2, 0.25) is 5.90 Å². The van der Waals surface area contributed by atoms with Crippen molar-refractivity contribution in [2.45, 2.75) is 41.0 Å². The average molecular weight is 373 g/mol. The normalized spacial score (nSPS) is 14.1. The molecule has 7 nitrogen and oxygen atoms in total. The number of rotatable bonds is 8. The van der Waals surface area contributed by atoms with E-state index >= 15 is 0 Å². The summed E-state index contributed by atoms with van der Waals surface area (Å²) in [6.45, 7) is 14.0. The molecule has 0 aromatic carbocycles. The van der Waals surface area contributed by atoms with Crippen molar-refractivity contribution in [2.24, 2.45) is 23.1 Å². The van der Waals surface area contributed by atoms with Gasteiger partial charge in [-0.15, -0.1) is 5.10 Å². The standard InChI is InChI=1S/C20H32N6O/c1-9-14(4)17(19(10-2)25(7)21)13-27-20(11-3)23-22-16(6)18-12-15(5)26(8)24-18/h9-10,12H,1,11,13,21H2,2-8H3/b17-14-,19-10+,22-16?,23-20?. The van der Waals surface area contributed by atoms with Gasteiger partial charge in [-0.25, -0.2) is 5.84 Å². The largest absolute Gasteiger partial charge is 0.475 e. The zero-order chi connectivity index (χ0) is 20.6. The highest BCUT2D eigenvalue weighted by Gasteiger charge is 2.12. The van der Waals surface area contributed by atoms with Crippen molar-refractivity contribution in [3.63, 3.8) is 0 Å². The van der Waals surface area contributed by atoms with E-state index in [0.717, 1.165) is 33.9 Å². The van der Waals surface area contributed by atoms with Gasteiger partial charge >= 0.3 is 0 Å². The Morgan fingerprint density at radius 1 is 1.41 bits per heavy atom. The first-order valence-corrected chi connectivity index (χ1v) is 8.97. The predicted molar refractivity (Wildman–Crippen MR) is 112 cm³/mol. The fourth-order valence-electron chi connectivity index (χ4n) is 2.38. The van der Waals surface area contributed by atoms with E-state index in [0.29, 0.717) is 18.9 Å². The van der Waals surface area contributed by atoms with E-state index in [1.165, 1.54) is 0 Å². The molecular formula is C20H32N6O. The summed E-state index contributed by atoms with van der Waals surface area (Å²) in [5, 5.41) is 14.5. The number of hydrogen-bond acceptors (Lipinski definition) is 6. The number of aromatic nitrogens is 2. The molecular weight excluding hydrogens is 340 g/mol. The minimum atomic E-state index is 0.336. The van der Waals surface area contributed by atoms with E-state index < -0.39 is 0 Å². The molecule has 7 heteroatoms. The molecule has 0 radical (unpaired) electrons. The molecule has 0 fully saturated rings. The monoisotopic (exact) mass is 372 g/mol. The van der Waals surface area contributed by atoms with Gasteiger partial charge in [0.15, 0.2) is 0 Å². The first kappa shape index (κ1) is 22.4. The summed E-state index contributed by atoms with van der Waals surface area (Å²) in [6.07, 6.45) is 4.36. The second-order valence-electron chi connectivity index (χ2n) is 6.27. The van der Waals surface area contributed by atoms with Crippen molar-refractivity contribution in [3.8, 4) is 0 Å². The van der Waals surface area contributed by atoms with Gasteiger partial charge in [-0.2, -0.15) is 10.2 Å². The van der Waals surface area contributed by atoms with Crippen LogP contribution in [0.2, 0.25) is 0 Å². The van der Waals surface area contributed by atoms with Crippen LogP contribution >= 0.6 is 0 Å². The number of nitrogens with two attached hydrogens (primary N) is 1. The quantitative estimate of drug-likeness (QED) is 0.249. The van der Waals surface area contributed by atoms with E-state index in [2.05, 4.69) is 21.9 Å². The highest BCUT2D eigenvalue weighted by molar-refractivity contribution is 5.97. The van der Waals surface area contributed by atoms with Crippen LogP contribution in [0.4, 0.5) is 0 Å². The van der Waals surface area contributed by atoms with E-state index in [9.17, 15) is 0 Å². The Balaban J connectivity index is 3.00. The highest BCUT2D eigenvalue weighted by atomic mass is 16.5. The molecule has 27 heavy (non-hydrogen) atoms. The zero-order valence-corrected chi connectivity index (χ0v) is 17.6. The SMILES string of the molecule is C=C/C(C)=C(COC(CC)=NN=C(C)c1cc(C)n(C)n1)\C(=C/C)N(C)N. The average Bonchev–Trinajstić information content (AvgIpc) is 2.98. The maximum Gasteiger partial charge on any atom is 0.208 e. The minimum absolute atomic E-state index is 0.336. The van der Waals surface area contributed by atoms with Crippen LogP contribution in [0.15, 0.2) is 51.8 Å². The molecule has 0 spiro atoms. The fourth-order valence-corrected chi connectivity index (χ4v) is 2.38. The Bertz CT molecular complexity index is 761. The number of hydrazine groups is 1. The van der Waals surface area contributed by atoms with Gasteiger partial charge in [0.1, 0.15) is 12.3 Å². The molecule has 1 heterocycles. The Kier molecular flexibility index (Phi) is 8.68. The van der Waals surface area contributed by atoms with Crippen molar-refractivity contribution in [2.75, 3.05) is 13.7 Å². The summed E-state index contributed by atoms with van der Waals surface area (Å²) >= 11 is 0. The molecule has 1 rings (SSSR count). The Morgan fingerprint density at radius 3 is 2.52 bits per heavy atom. The molecule has 148 valence electrons. The van der Waals surface area contributed by atoms with E-state index in [1.54, 1.807) is 18.1 Å². The minimum Gasteiger partial charge on any atom is -0.475 e. The third kappa shape index (κ3) is 6.21. The second-order valence-corrected chi connectivity index (χ2v) is 6.27. The number of hydrogen-bond donors (Lipinski definition) is 1. The molecule has 1 aromatic heterocycles. The summed E-state index contributed by atoms with van der Waals surface area (Å²) in [5.74, 6) is 6.48. The van der Waals surface area contributed by atoms with Gasteiger partial charge in [0, 0.05) is 31.8 Å². The molecule has 0 saturated heterocycles.